The SMILES string of the molecule is COC1(C)CCCN(C(CN)c2cccc(Br)c2)C1. The number of hydrogen-bond acceptors (Lipinski definition) is 3. The van der Waals surface area contributed by atoms with Crippen LogP contribution in [0, 0.1) is 0 Å². The van der Waals surface area contributed by atoms with E-state index in [-0.39, 0.29) is 11.6 Å². The molecule has 0 spiro atoms. The number of piperidine rings is 1. The highest BCUT2D eigenvalue weighted by Crippen LogP contribution is 2.31. The summed E-state index contributed by atoms with van der Waals surface area (Å²) in [5, 5.41) is 0. The molecule has 106 valence electrons. The van der Waals surface area contributed by atoms with Gasteiger partial charge in [0.05, 0.1) is 5.60 Å². The van der Waals surface area contributed by atoms with Gasteiger partial charge in [0.1, 0.15) is 0 Å². The average molecular weight is 327 g/mol. The van der Waals surface area contributed by atoms with E-state index in [9.17, 15) is 0 Å². The molecule has 3 nitrogen and oxygen atoms in total. The van der Waals surface area contributed by atoms with Gasteiger partial charge >= 0.3 is 0 Å². The summed E-state index contributed by atoms with van der Waals surface area (Å²) in [4.78, 5) is 2.45. The van der Waals surface area contributed by atoms with Crippen molar-refractivity contribution in [3.63, 3.8) is 0 Å². The molecule has 1 saturated heterocycles. The molecular formula is C15H23BrN2O. The van der Waals surface area contributed by atoms with E-state index in [1.165, 1.54) is 5.56 Å². The molecule has 1 aromatic rings. The molecule has 2 N–H and O–H groups in total. The topological polar surface area (TPSA) is 38.5 Å². The predicted octanol–water partition coefficient (Wildman–Crippen LogP) is 2.95. The van der Waals surface area contributed by atoms with Crippen LogP contribution in [0.4, 0.5) is 0 Å². The molecular weight excluding hydrogens is 304 g/mol. The van der Waals surface area contributed by atoms with E-state index in [1.54, 1.807) is 7.11 Å². The van der Waals surface area contributed by atoms with E-state index in [0.717, 1.165) is 30.4 Å². The first-order valence-corrected chi connectivity index (χ1v) is 7.62. The number of halogens is 1. The normalized spacial score (nSPS) is 26.3. The predicted molar refractivity (Wildman–Crippen MR) is 82.2 cm³/mol. The highest BCUT2D eigenvalue weighted by molar-refractivity contribution is 9.10. The first-order valence-electron chi connectivity index (χ1n) is 6.83. The second-order valence-corrected chi connectivity index (χ2v) is 6.45. The van der Waals surface area contributed by atoms with Crippen LogP contribution in [0.2, 0.25) is 0 Å². The summed E-state index contributed by atoms with van der Waals surface area (Å²) in [7, 11) is 1.81. The molecule has 1 heterocycles. The zero-order chi connectivity index (χ0) is 13.9. The number of methoxy groups -OCH3 is 1. The Morgan fingerprint density at radius 2 is 2.32 bits per heavy atom. The van der Waals surface area contributed by atoms with Crippen molar-refractivity contribution in [1.82, 2.24) is 4.90 Å². The van der Waals surface area contributed by atoms with Crippen molar-refractivity contribution in [1.29, 1.82) is 0 Å². The molecule has 19 heavy (non-hydrogen) atoms. The maximum atomic E-state index is 6.02. The van der Waals surface area contributed by atoms with Gasteiger partial charge in [0.15, 0.2) is 0 Å². The van der Waals surface area contributed by atoms with Crippen molar-refractivity contribution in [2.24, 2.45) is 5.73 Å². The Morgan fingerprint density at radius 3 is 2.95 bits per heavy atom. The van der Waals surface area contributed by atoms with Gasteiger partial charge in [0, 0.05) is 30.7 Å². The lowest BCUT2D eigenvalue weighted by Crippen LogP contribution is -2.49. The number of likely N-dealkylation sites (tertiary alicyclic amines) is 1. The van der Waals surface area contributed by atoms with Crippen molar-refractivity contribution < 1.29 is 4.74 Å². The Bertz CT molecular complexity index is 426. The summed E-state index contributed by atoms with van der Waals surface area (Å²) >= 11 is 3.54. The number of hydrogen-bond donors (Lipinski definition) is 1. The van der Waals surface area contributed by atoms with Gasteiger partial charge in [-0.25, -0.2) is 0 Å². The maximum absolute atomic E-state index is 6.02. The van der Waals surface area contributed by atoms with Crippen molar-refractivity contribution in [3.8, 4) is 0 Å². The van der Waals surface area contributed by atoms with Gasteiger partial charge in [-0.2, -0.15) is 0 Å². The van der Waals surface area contributed by atoms with Gasteiger partial charge in [-0.1, -0.05) is 28.1 Å². The van der Waals surface area contributed by atoms with Crippen LogP contribution in [0.25, 0.3) is 0 Å². The first kappa shape index (κ1) is 15.0. The molecule has 1 aromatic carbocycles. The van der Waals surface area contributed by atoms with Crippen LogP contribution in [0.5, 0.6) is 0 Å². The average Bonchev–Trinajstić information content (AvgIpc) is 2.40. The van der Waals surface area contributed by atoms with E-state index >= 15 is 0 Å². The van der Waals surface area contributed by atoms with E-state index in [1.807, 2.05) is 6.07 Å². The third-order valence-corrected chi connectivity index (χ3v) is 4.57. The molecule has 0 aliphatic carbocycles. The second kappa shape index (κ2) is 6.35. The molecule has 4 heteroatoms. The number of ether oxygens (including phenoxy) is 1. The summed E-state index contributed by atoms with van der Waals surface area (Å²) in [6.45, 7) is 4.86. The summed E-state index contributed by atoms with van der Waals surface area (Å²) in [6.07, 6.45) is 2.28. The highest BCUT2D eigenvalue weighted by atomic mass is 79.9. The minimum absolute atomic E-state index is 0.0440. The van der Waals surface area contributed by atoms with E-state index in [0.29, 0.717) is 6.54 Å². The van der Waals surface area contributed by atoms with Crippen molar-refractivity contribution >= 4 is 15.9 Å². The zero-order valence-corrected chi connectivity index (χ0v) is 13.3. The Morgan fingerprint density at radius 1 is 1.53 bits per heavy atom. The zero-order valence-electron chi connectivity index (χ0n) is 11.7. The molecule has 1 fully saturated rings. The van der Waals surface area contributed by atoms with Crippen LogP contribution < -0.4 is 5.73 Å². The molecule has 1 aliphatic heterocycles. The van der Waals surface area contributed by atoms with Crippen LogP contribution in [-0.4, -0.2) is 37.2 Å². The summed E-state index contributed by atoms with van der Waals surface area (Å²) in [6, 6.07) is 8.71. The van der Waals surface area contributed by atoms with Crippen LogP contribution in [0.15, 0.2) is 28.7 Å². The first-order chi connectivity index (χ1) is 9.08. The smallest absolute Gasteiger partial charge is 0.0777 e. The van der Waals surface area contributed by atoms with Crippen LogP contribution in [0.3, 0.4) is 0 Å². The van der Waals surface area contributed by atoms with Crippen LogP contribution in [-0.2, 0) is 4.74 Å². The standard InChI is InChI=1S/C15H23BrN2O/c1-15(19-2)7-4-8-18(11-15)14(10-17)12-5-3-6-13(16)9-12/h3,5-6,9,14H,4,7-8,10-11,17H2,1-2H3. The van der Waals surface area contributed by atoms with E-state index in [2.05, 4.69) is 46.0 Å². The molecule has 0 radical (unpaired) electrons. The third kappa shape index (κ3) is 3.57. The largest absolute Gasteiger partial charge is 0.377 e. The number of benzene rings is 1. The summed E-state index contributed by atoms with van der Waals surface area (Å²) in [5.41, 5.74) is 7.25. The van der Waals surface area contributed by atoms with Gasteiger partial charge in [-0.3, -0.25) is 4.90 Å². The summed E-state index contributed by atoms with van der Waals surface area (Å²) < 4.78 is 6.78. The number of nitrogens with zero attached hydrogens (tertiary/aromatic N) is 1. The Kier molecular flexibility index (Phi) is 5.01. The fourth-order valence-corrected chi connectivity index (χ4v) is 3.30. The third-order valence-electron chi connectivity index (χ3n) is 4.08. The molecule has 0 saturated carbocycles. The van der Waals surface area contributed by atoms with Crippen LogP contribution >= 0.6 is 15.9 Å². The molecule has 1 aliphatic rings. The van der Waals surface area contributed by atoms with E-state index < -0.39 is 0 Å². The second-order valence-electron chi connectivity index (χ2n) is 5.53. The molecule has 0 aromatic heterocycles. The lowest BCUT2D eigenvalue weighted by atomic mass is 9.92. The van der Waals surface area contributed by atoms with Gasteiger partial charge in [0.25, 0.3) is 0 Å². The molecule has 2 unspecified atom stereocenters. The fourth-order valence-electron chi connectivity index (χ4n) is 2.89. The molecule has 0 bridgehead atoms. The summed E-state index contributed by atoms with van der Waals surface area (Å²) in [5.74, 6) is 0. The Hall–Kier alpha value is -0.420. The van der Waals surface area contributed by atoms with Crippen molar-refractivity contribution in [2.75, 3.05) is 26.7 Å². The van der Waals surface area contributed by atoms with Gasteiger partial charge in [-0.05, 0) is 44.0 Å². The lowest BCUT2D eigenvalue weighted by molar-refractivity contribution is -0.0608. The fraction of sp³-hybridized carbons (Fsp3) is 0.600. The van der Waals surface area contributed by atoms with Gasteiger partial charge < -0.3 is 10.5 Å². The highest BCUT2D eigenvalue weighted by Gasteiger charge is 2.34. The minimum Gasteiger partial charge on any atom is -0.377 e. The van der Waals surface area contributed by atoms with Gasteiger partial charge in [-0.15, -0.1) is 0 Å². The van der Waals surface area contributed by atoms with Gasteiger partial charge in [0.2, 0.25) is 0 Å². The molecule has 0 amide bonds. The quantitative estimate of drug-likeness (QED) is 0.924. The number of rotatable bonds is 4. The number of nitrogens with two attached hydrogens (primary N) is 1. The monoisotopic (exact) mass is 326 g/mol. The van der Waals surface area contributed by atoms with E-state index in [4.69, 9.17) is 10.5 Å². The Labute approximate surface area is 124 Å². The Balaban J connectivity index is 2.17. The lowest BCUT2D eigenvalue weighted by Gasteiger charge is -2.43. The molecule has 2 atom stereocenters. The van der Waals surface area contributed by atoms with Crippen molar-refractivity contribution in [2.45, 2.75) is 31.4 Å². The van der Waals surface area contributed by atoms with Crippen molar-refractivity contribution in [3.05, 3.63) is 34.3 Å². The minimum atomic E-state index is -0.0440. The molecule has 2 rings (SSSR count). The van der Waals surface area contributed by atoms with Crippen LogP contribution in [0.1, 0.15) is 31.4 Å². The maximum Gasteiger partial charge on any atom is 0.0777 e.